The second kappa shape index (κ2) is 11.6. The lowest BCUT2D eigenvalue weighted by Crippen LogP contribution is -2.17. The second-order valence-electron chi connectivity index (χ2n) is 6.35. The molecule has 136 valence electrons. The molecule has 0 bridgehead atoms. The van der Waals surface area contributed by atoms with E-state index in [1.807, 2.05) is 22.9 Å². The average molecular weight is 344 g/mol. The van der Waals surface area contributed by atoms with Gasteiger partial charge in [-0.05, 0) is 24.1 Å². The molecule has 1 aromatic carbocycles. The monoisotopic (exact) mass is 344 g/mol. The molecule has 2 aromatic rings. The van der Waals surface area contributed by atoms with Crippen molar-refractivity contribution in [3.8, 4) is 0 Å². The van der Waals surface area contributed by atoms with Crippen LogP contribution in [0.4, 0.5) is 4.39 Å². The molecule has 0 saturated carbocycles. The van der Waals surface area contributed by atoms with Crippen molar-refractivity contribution in [2.75, 3.05) is 6.61 Å². The van der Waals surface area contributed by atoms with Crippen LogP contribution < -0.4 is 0 Å². The second-order valence-corrected chi connectivity index (χ2v) is 6.35. The summed E-state index contributed by atoms with van der Waals surface area (Å²) in [5.41, 5.74) is 0.972. The normalized spacial score (nSPS) is 12.7. The molecule has 4 heteroatoms. The first-order valence-electron chi connectivity index (χ1n) is 9.29. The Hall–Kier alpha value is -1.94. The molecule has 0 spiro atoms. The van der Waals surface area contributed by atoms with Crippen LogP contribution in [0.2, 0.25) is 0 Å². The minimum Gasteiger partial charge on any atom is -0.372 e. The summed E-state index contributed by atoms with van der Waals surface area (Å²) in [4.78, 5) is 4.08. The van der Waals surface area contributed by atoms with Gasteiger partial charge in [-0.1, -0.05) is 63.3 Å². The number of unbranched alkanes of at least 4 members (excludes halogenated alkanes) is 5. The zero-order valence-electron chi connectivity index (χ0n) is 15.1. The highest BCUT2D eigenvalue weighted by atomic mass is 19.1. The van der Waals surface area contributed by atoms with Crippen LogP contribution in [0.15, 0.2) is 49.1 Å². The first-order valence-corrected chi connectivity index (χ1v) is 9.29. The van der Waals surface area contributed by atoms with Gasteiger partial charge in [0.1, 0.15) is 5.82 Å². The maximum absolute atomic E-state index is 13.0. The van der Waals surface area contributed by atoms with Gasteiger partial charge in [0.05, 0.1) is 19.0 Å². The van der Waals surface area contributed by atoms with Crippen LogP contribution in [0.3, 0.4) is 0 Å². The van der Waals surface area contributed by atoms with Gasteiger partial charge in [-0.3, -0.25) is 0 Å². The molecule has 0 radical (unpaired) electrons. The van der Waals surface area contributed by atoms with E-state index in [2.05, 4.69) is 11.9 Å². The maximum Gasteiger partial charge on any atom is 0.123 e. The van der Waals surface area contributed by atoms with Crippen LogP contribution >= 0.6 is 0 Å². The minimum absolute atomic E-state index is 0.0186. The van der Waals surface area contributed by atoms with Crippen molar-refractivity contribution in [2.24, 2.45) is 0 Å². The summed E-state index contributed by atoms with van der Waals surface area (Å²) in [5.74, 6) is -0.216. The summed E-state index contributed by atoms with van der Waals surface area (Å²) in [6, 6.07) is 6.49. The van der Waals surface area contributed by atoms with Gasteiger partial charge < -0.3 is 9.30 Å². The van der Waals surface area contributed by atoms with Crippen LogP contribution in [0.5, 0.6) is 0 Å². The maximum atomic E-state index is 13.0. The van der Waals surface area contributed by atoms with Gasteiger partial charge in [-0.15, -0.1) is 0 Å². The molecule has 0 fully saturated rings. The highest BCUT2D eigenvalue weighted by Gasteiger charge is 2.06. The fraction of sp³-hybridized carbons (Fsp3) is 0.476. The SMILES string of the molecule is CCCCCCCCOC(C=Cc1ccc(F)cc1)Cn1ccnc1. The van der Waals surface area contributed by atoms with E-state index in [0.717, 1.165) is 25.1 Å². The Bertz CT molecular complexity index is 593. The van der Waals surface area contributed by atoms with Crippen LogP contribution in [0.1, 0.15) is 51.0 Å². The number of halogens is 1. The van der Waals surface area contributed by atoms with Gasteiger partial charge >= 0.3 is 0 Å². The van der Waals surface area contributed by atoms with Gasteiger partial charge in [-0.2, -0.15) is 0 Å². The Morgan fingerprint density at radius 1 is 1.12 bits per heavy atom. The third-order valence-corrected chi connectivity index (χ3v) is 4.15. The van der Waals surface area contributed by atoms with E-state index < -0.39 is 0 Å². The Labute approximate surface area is 150 Å². The average Bonchev–Trinajstić information content (AvgIpc) is 3.13. The van der Waals surface area contributed by atoms with E-state index in [1.54, 1.807) is 24.7 Å². The van der Waals surface area contributed by atoms with Crippen LogP contribution in [0, 0.1) is 5.82 Å². The zero-order valence-corrected chi connectivity index (χ0v) is 15.1. The molecule has 25 heavy (non-hydrogen) atoms. The lowest BCUT2D eigenvalue weighted by atomic mass is 10.1. The molecule has 1 atom stereocenters. The fourth-order valence-corrected chi connectivity index (χ4v) is 2.68. The van der Waals surface area contributed by atoms with E-state index in [-0.39, 0.29) is 11.9 Å². The van der Waals surface area contributed by atoms with E-state index in [4.69, 9.17) is 4.74 Å². The van der Waals surface area contributed by atoms with Crippen molar-refractivity contribution in [1.82, 2.24) is 9.55 Å². The van der Waals surface area contributed by atoms with Crippen LogP contribution in [-0.2, 0) is 11.3 Å². The molecule has 3 nitrogen and oxygen atoms in total. The molecule has 2 rings (SSSR count). The molecule has 0 aliphatic heterocycles. The molecule has 1 unspecified atom stereocenters. The Balaban J connectivity index is 1.81. The third kappa shape index (κ3) is 8.12. The number of aromatic nitrogens is 2. The molecule has 1 aromatic heterocycles. The van der Waals surface area contributed by atoms with Crippen LogP contribution in [0.25, 0.3) is 6.08 Å². The van der Waals surface area contributed by atoms with Crippen molar-refractivity contribution in [3.63, 3.8) is 0 Å². The van der Waals surface area contributed by atoms with Gasteiger partial charge in [0, 0.05) is 19.0 Å². The van der Waals surface area contributed by atoms with Gasteiger partial charge in [-0.25, -0.2) is 9.37 Å². The molecule has 0 aliphatic rings. The van der Waals surface area contributed by atoms with E-state index in [0.29, 0.717) is 0 Å². The largest absolute Gasteiger partial charge is 0.372 e. The summed E-state index contributed by atoms with van der Waals surface area (Å²) in [6.07, 6.45) is 17.0. The lowest BCUT2D eigenvalue weighted by molar-refractivity contribution is 0.0710. The molecule has 0 amide bonds. The first kappa shape index (κ1) is 19.4. The van der Waals surface area contributed by atoms with E-state index >= 15 is 0 Å². The van der Waals surface area contributed by atoms with Gasteiger partial charge in [0.2, 0.25) is 0 Å². The predicted octanol–water partition coefficient (Wildman–Crippen LogP) is 5.48. The summed E-state index contributed by atoms with van der Waals surface area (Å²) < 4.78 is 21.1. The van der Waals surface area contributed by atoms with E-state index in [9.17, 15) is 4.39 Å². The third-order valence-electron chi connectivity index (χ3n) is 4.15. The number of rotatable bonds is 12. The summed E-state index contributed by atoms with van der Waals surface area (Å²) in [7, 11) is 0. The smallest absolute Gasteiger partial charge is 0.123 e. The predicted molar refractivity (Wildman–Crippen MR) is 101 cm³/mol. The Morgan fingerprint density at radius 3 is 2.60 bits per heavy atom. The number of hydrogen-bond acceptors (Lipinski definition) is 2. The summed E-state index contributed by atoms with van der Waals surface area (Å²) in [5, 5.41) is 0. The molecular weight excluding hydrogens is 315 g/mol. The van der Waals surface area contributed by atoms with Gasteiger partial charge in [0.25, 0.3) is 0 Å². The lowest BCUT2D eigenvalue weighted by Gasteiger charge is -2.15. The number of imidazole rings is 1. The number of nitrogens with zero attached hydrogens (tertiary/aromatic N) is 2. The Kier molecular flexibility index (Phi) is 8.98. The molecule has 0 saturated heterocycles. The van der Waals surface area contributed by atoms with Gasteiger partial charge in [0.15, 0.2) is 0 Å². The quantitative estimate of drug-likeness (QED) is 0.477. The Morgan fingerprint density at radius 2 is 1.88 bits per heavy atom. The van der Waals surface area contributed by atoms with Crippen molar-refractivity contribution >= 4 is 6.08 Å². The summed E-state index contributed by atoms with van der Waals surface area (Å²) >= 11 is 0. The number of benzene rings is 1. The molecular formula is C21H29FN2O. The molecule has 1 heterocycles. The van der Waals surface area contributed by atoms with Crippen molar-refractivity contribution < 1.29 is 9.13 Å². The summed E-state index contributed by atoms with van der Waals surface area (Å²) in [6.45, 7) is 3.73. The standard InChI is InChI=1S/C21H29FN2O/c1-2-3-4-5-6-7-16-25-21(17-24-15-14-23-18-24)13-10-19-8-11-20(22)12-9-19/h8-15,18,21H,2-7,16-17H2,1H3. The molecule has 0 aliphatic carbocycles. The fourth-order valence-electron chi connectivity index (χ4n) is 2.68. The number of hydrogen-bond donors (Lipinski definition) is 0. The highest BCUT2D eigenvalue weighted by molar-refractivity contribution is 5.49. The minimum atomic E-state index is -0.216. The number of ether oxygens (including phenoxy) is 1. The molecule has 0 N–H and O–H groups in total. The van der Waals surface area contributed by atoms with Crippen molar-refractivity contribution in [3.05, 3.63) is 60.4 Å². The first-order chi connectivity index (χ1) is 12.3. The van der Waals surface area contributed by atoms with E-state index in [1.165, 1.54) is 44.2 Å². The van der Waals surface area contributed by atoms with Crippen LogP contribution in [-0.4, -0.2) is 22.3 Å². The van der Waals surface area contributed by atoms with Crippen molar-refractivity contribution in [1.29, 1.82) is 0 Å². The highest BCUT2D eigenvalue weighted by Crippen LogP contribution is 2.10. The zero-order chi connectivity index (χ0) is 17.7. The van der Waals surface area contributed by atoms with Crippen molar-refractivity contribution in [2.45, 2.75) is 58.1 Å². The topological polar surface area (TPSA) is 27.1 Å².